The minimum Gasteiger partial charge on any atom is -0.339 e. The Morgan fingerprint density at radius 1 is 1.38 bits per heavy atom. The molecule has 0 radical (unpaired) electrons. The van der Waals surface area contributed by atoms with E-state index in [1.807, 2.05) is 0 Å². The summed E-state index contributed by atoms with van der Waals surface area (Å²) in [5.74, 6) is 0.280. The summed E-state index contributed by atoms with van der Waals surface area (Å²) in [5, 5.41) is 3.22. The maximum absolute atomic E-state index is 12.1. The molecule has 1 amide bonds. The zero-order valence-electron chi connectivity index (χ0n) is 11.0. The maximum atomic E-state index is 12.1. The van der Waals surface area contributed by atoms with Crippen LogP contribution in [0.15, 0.2) is 0 Å². The molecule has 0 aromatic carbocycles. The smallest absolute Gasteiger partial charge is 0.236 e. The van der Waals surface area contributed by atoms with Gasteiger partial charge in [-0.25, -0.2) is 0 Å². The molecule has 1 atom stereocenters. The van der Waals surface area contributed by atoms with E-state index in [1.54, 1.807) is 0 Å². The number of carbonyl (C=O) groups is 1. The standard InChI is InChI=1S/C13H26N2O/c1-4-12-8-6-5-7-9-15(12)13(16)10-14-11(2)3/h11-12,14H,4-10H2,1-3H3. The fraction of sp³-hybridized carbons (Fsp3) is 0.923. The Labute approximate surface area is 99.6 Å². The number of hydrogen-bond acceptors (Lipinski definition) is 2. The Bertz CT molecular complexity index is 216. The lowest BCUT2D eigenvalue weighted by Gasteiger charge is -2.29. The number of amides is 1. The molecular formula is C13H26N2O. The summed E-state index contributed by atoms with van der Waals surface area (Å²) in [6.07, 6.45) is 6.00. The van der Waals surface area contributed by atoms with Crippen molar-refractivity contribution in [3.05, 3.63) is 0 Å². The first kappa shape index (κ1) is 13.5. The van der Waals surface area contributed by atoms with Crippen LogP contribution in [0.2, 0.25) is 0 Å². The van der Waals surface area contributed by atoms with Gasteiger partial charge in [0.05, 0.1) is 6.54 Å². The maximum Gasteiger partial charge on any atom is 0.236 e. The fourth-order valence-electron chi connectivity index (χ4n) is 2.32. The van der Waals surface area contributed by atoms with Crippen molar-refractivity contribution >= 4 is 5.91 Å². The Hall–Kier alpha value is -0.570. The third-order valence-electron chi connectivity index (χ3n) is 3.33. The Morgan fingerprint density at radius 2 is 2.12 bits per heavy atom. The highest BCUT2D eigenvalue weighted by molar-refractivity contribution is 5.78. The van der Waals surface area contributed by atoms with Crippen molar-refractivity contribution in [2.75, 3.05) is 13.1 Å². The second kappa shape index (κ2) is 6.89. The summed E-state index contributed by atoms with van der Waals surface area (Å²) < 4.78 is 0. The summed E-state index contributed by atoms with van der Waals surface area (Å²) in [6.45, 7) is 7.79. The van der Waals surface area contributed by atoms with Crippen LogP contribution in [0.1, 0.15) is 52.9 Å². The van der Waals surface area contributed by atoms with Crippen molar-refractivity contribution in [2.24, 2.45) is 0 Å². The van der Waals surface area contributed by atoms with Crippen LogP contribution in [-0.4, -0.2) is 36.0 Å². The molecule has 3 nitrogen and oxygen atoms in total. The summed E-state index contributed by atoms with van der Waals surface area (Å²) in [6, 6.07) is 0.861. The van der Waals surface area contributed by atoms with E-state index in [9.17, 15) is 4.79 Å². The number of rotatable bonds is 4. The summed E-state index contributed by atoms with van der Waals surface area (Å²) in [7, 11) is 0. The molecule has 1 saturated heterocycles. The third-order valence-corrected chi connectivity index (χ3v) is 3.33. The van der Waals surface area contributed by atoms with E-state index >= 15 is 0 Å². The van der Waals surface area contributed by atoms with Gasteiger partial charge in [-0.2, -0.15) is 0 Å². The van der Waals surface area contributed by atoms with Crippen LogP contribution < -0.4 is 5.32 Å². The van der Waals surface area contributed by atoms with Crippen molar-refractivity contribution in [2.45, 2.75) is 65.0 Å². The zero-order chi connectivity index (χ0) is 12.0. The van der Waals surface area contributed by atoms with Gasteiger partial charge in [0, 0.05) is 18.6 Å². The highest BCUT2D eigenvalue weighted by Crippen LogP contribution is 2.18. The monoisotopic (exact) mass is 226 g/mol. The Balaban J connectivity index is 2.49. The molecule has 0 aliphatic carbocycles. The number of carbonyl (C=O) groups excluding carboxylic acids is 1. The van der Waals surface area contributed by atoms with E-state index in [0.717, 1.165) is 13.0 Å². The average Bonchev–Trinajstić information content (AvgIpc) is 2.50. The molecule has 3 heteroatoms. The van der Waals surface area contributed by atoms with E-state index < -0.39 is 0 Å². The van der Waals surface area contributed by atoms with E-state index in [4.69, 9.17) is 0 Å². The molecule has 0 bridgehead atoms. The molecule has 1 unspecified atom stereocenters. The molecule has 1 aliphatic rings. The molecule has 1 heterocycles. The molecule has 0 saturated carbocycles. The number of nitrogens with zero attached hydrogens (tertiary/aromatic N) is 1. The summed E-state index contributed by atoms with van der Waals surface area (Å²) in [5.41, 5.74) is 0. The predicted octanol–water partition coefficient (Wildman–Crippen LogP) is 2.17. The molecule has 94 valence electrons. The lowest BCUT2D eigenvalue weighted by atomic mass is 10.1. The second-order valence-corrected chi connectivity index (χ2v) is 5.03. The molecule has 0 aromatic heterocycles. The first-order valence-electron chi connectivity index (χ1n) is 6.68. The van der Waals surface area contributed by atoms with Gasteiger partial charge in [0.1, 0.15) is 0 Å². The second-order valence-electron chi connectivity index (χ2n) is 5.03. The molecule has 1 N–H and O–H groups in total. The highest BCUT2D eigenvalue weighted by Gasteiger charge is 2.23. The first-order valence-corrected chi connectivity index (χ1v) is 6.68. The largest absolute Gasteiger partial charge is 0.339 e. The lowest BCUT2D eigenvalue weighted by Crippen LogP contribution is -2.45. The van der Waals surface area contributed by atoms with Crippen LogP contribution >= 0.6 is 0 Å². The number of nitrogens with one attached hydrogen (secondary N) is 1. The van der Waals surface area contributed by atoms with Crippen LogP contribution in [0, 0.1) is 0 Å². The van der Waals surface area contributed by atoms with Gasteiger partial charge in [-0.3, -0.25) is 4.79 Å². The van der Waals surface area contributed by atoms with Crippen molar-refractivity contribution < 1.29 is 4.79 Å². The van der Waals surface area contributed by atoms with Crippen molar-refractivity contribution in [1.29, 1.82) is 0 Å². The lowest BCUT2D eigenvalue weighted by molar-refractivity contribution is -0.132. The van der Waals surface area contributed by atoms with Gasteiger partial charge in [-0.15, -0.1) is 0 Å². The van der Waals surface area contributed by atoms with E-state index in [1.165, 1.54) is 25.7 Å². The van der Waals surface area contributed by atoms with Crippen LogP contribution in [-0.2, 0) is 4.79 Å². The van der Waals surface area contributed by atoms with Crippen molar-refractivity contribution in [1.82, 2.24) is 10.2 Å². The first-order chi connectivity index (χ1) is 7.65. The predicted molar refractivity (Wildman–Crippen MR) is 67.4 cm³/mol. The van der Waals surface area contributed by atoms with E-state index in [2.05, 4.69) is 31.0 Å². The van der Waals surface area contributed by atoms with Gasteiger partial charge in [-0.05, 0) is 19.3 Å². The highest BCUT2D eigenvalue weighted by atomic mass is 16.2. The SMILES string of the molecule is CCC1CCCCCN1C(=O)CNC(C)C. The quantitative estimate of drug-likeness (QED) is 0.797. The van der Waals surface area contributed by atoms with Gasteiger partial charge in [0.25, 0.3) is 0 Å². The van der Waals surface area contributed by atoms with Crippen molar-refractivity contribution in [3.8, 4) is 0 Å². The van der Waals surface area contributed by atoms with Gasteiger partial charge in [0.2, 0.25) is 5.91 Å². The number of hydrogen-bond donors (Lipinski definition) is 1. The van der Waals surface area contributed by atoms with Crippen molar-refractivity contribution in [3.63, 3.8) is 0 Å². The van der Waals surface area contributed by atoms with E-state index in [0.29, 0.717) is 18.6 Å². The molecule has 1 aliphatic heterocycles. The van der Waals surface area contributed by atoms with Crippen LogP contribution in [0.3, 0.4) is 0 Å². The minimum absolute atomic E-state index is 0.280. The van der Waals surface area contributed by atoms with Gasteiger partial charge < -0.3 is 10.2 Å². The van der Waals surface area contributed by atoms with Crippen LogP contribution in [0.25, 0.3) is 0 Å². The fourth-order valence-corrected chi connectivity index (χ4v) is 2.32. The normalized spacial score (nSPS) is 22.2. The molecule has 0 aromatic rings. The van der Waals surface area contributed by atoms with Crippen LogP contribution in [0.4, 0.5) is 0 Å². The Morgan fingerprint density at radius 3 is 2.75 bits per heavy atom. The van der Waals surface area contributed by atoms with Crippen LogP contribution in [0.5, 0.6) is 0 Å². The molecular weight excluding hydrogens is 200 g/mol. The molecule has 1 fully saturated rings. The molecule has 0 spiro atoms. The van der Waals surface area contributed by atoms with Gasteiger partial charge in [0.15, 0.2) is 0 Å². The minimum atomic E-state index is 0.280. The summed E-state index contributed by atoms with van der Waals surface area (Å²) >= 11 is 0. The van der Waals surface area contributed by atoms with Gasteiger partial charge >= 0.3 is 0 Å². The molecule has 1 rings (SSSR count). The number of likely N-dealkylation sites (tertiary alicyclic amines) is 1. The third kappa shape index (κ3) is 4.12. The summed E-state index contributed by atoms with van der Waals surface area (Å²) in [4.78, 5) is 14.2. The Kier molecular flexibility index (Phi) is 5.81. The molecule has 16 heavy (non-hydrogen) atoms. The van der Waals surface area contributed by atoms with E-state index in [-0.39, 0.29) is 5.91 Å². The average molecular weight is 226 g/mol. The zero-order valence-corrected chi connectivity index (χ0v) is 11.0. The topological polar surface area (TPSA) is 32.3 Å². The van der Waals surface area contributed by atoms with Gasteiger partial charge in [-0.1, -0.05) is 33.6 Å².